The lowest BCUT2D eigenvalue weighted by atomic mass is 10.1. The summed E-state index contributed by atoms with van der Waals surface area (Å²) in [5.74, 6) is -1.03. The molecule has 3 aromatic carbocycles. The van der Waals surface area contributed by atoms with Gasteiger partial charge in [0.2, 0.25) is 10.0 Å². The highest BCUT2D eigenvalue weighted by Crippen LogP contribution is 2.19. The lowest BCUT2D eigenvalue weighted by molar-refractivity contribution is -0.148. The topological polar surface area (TPSA) is 140 Å². The van der Waals surface area contributed by atoms with E-state index in [0.717, 1.165) is 10.8 Å². The Kier molecular flexibility index (Phi) is 8.17. The SMILES string of the molecule is COc1ccc(NC(=O)NC(=O)COC(=O)CCNS(=O)(=O)c2ccc3ccccc3c2)cc1. The fraction of sp³-hybridized carbons (Fsp3) is 0.174. The van der Waals surface area contributed by atoms with Gasteiger partial charge in [0.1, 0.15) is 5.75 Å². The Morgan fingerprint density at radius 1 is 0.912 bits per heavy atom. The average Bonchev–Trinajstić information content (AvgIpc) is 2.82. The second kappa shape index (κ2) is 11.3. The number of sulfonamides is 1. The van der Waals surface area contributed by atoms with E-state index in [1.165, 1.54) is 19.2 Å². The Bertz CT molecular complexity index is 1290. The summed E-state index contributed by atoms with van der Waals surface area (Å²) in [7, 11) is -2.32. The van der Waals surface area contributed by atoms with Crippen LogP contribution in [0.25, 0.3) is 10.8 Å². The van der Waals surface area contributed by atoms with Crippen molar-refractivity contribution < 1.29 is 32.3 Å². The summed E-state index contributed by atoms with van der Waals surface area (Å²) in [6, 6.07) is 17.7. The number of fused-ring (bicyclic) bond motifs is 1. The molecule has 0 spiro atoms. The molecule has 0 unspecified atom stereocenters. The first kappa shape index (κ1) is 24.7. The minimum atomic E-state index is -3.83. The fourth-order valence-corrected chi connectivity index (χ4v) is 3.99. The second-order valence-corrected chi connectivity index (χ2v) is 8.82. The van der Waals surface area contributed by atoms with Crippen LogP contribution in [0.4, 0.5) is 10.5 Å². The number of imide groups is 1. The Hall–Kier alpha value is -3.96. The van der Waals surface area contributed by atoms with Gasteiger partial charge < -0.3 is 14.8 Å². The number of hydrogen-bond acceptors (Lipinski definition) is 7. The van der Waals surface area contributed by atoms with E-state index >= 15 is 0 Å². The molecule has 0 aliphatic carbocycles. The standard InChI is InChI=1S/C23H23N3O7S/c1-32-19-9-7-18(8-10-19)25-23(29)26-21(27)15-33-22(28)12-13-24-34(30,31)20-11-6-16-4-2-3-5-17(16)14-20/h2-11,14,24H,12-13,15H2,1H3,(H2,25,26,27,29). The molecule has 178 valence electrons. The first-order valence-corrected chi connectivity index (χ1v) is 11.6. The van der Waals surface area contributed by atoms with Crippen LogP contribution in [0, 0.1) is 0 Å². The minimum Gasteiger partial charge on any atom is -0.497 e. The number of esters is 1. The molecule has 3 aromatic rings. The van der Waals surface area contributed by atoms with Crippen LogP contribution < -0.4 is 20.1 Å². The van der Waals surface area contributed by atoms with Gasteiger partial charge in [-0.15, -0.1) is 0 Å². The maximum absolute atomic E-state index is 12.5. The van der Waals surface area contributed by atoms with Crippen LogP contribution in [0.15, 0.2) is 71.6 Å². The number of nitrogens with one attached hydrogen (secondary N) is 3. The van der Waals surface area contributed by atoms with Crippen molar-refractivity contribution >= 4 is 44.4 Å². The van der Waals surface area contributed by atoms with Gasteiger partial charge in [-0.05, 0) is 47.2 Å². The number of urea groups is 1. The molecule has 0 saturated heterocycles. The maximum Gasteiger partial charge on any atom is 0.325 e. The number of benzene rings is 3. The van der Waals surface area contributed by atoms with Gasteiger partial charge in [0.25, 0.3) is 5.91 Å². The van der Waals surface area contributed by atoms with Crippen molar-refractivity contribution in [2.24, 2.45) is 0 Å². The van der Waals surface area contributed by atoms with E-state index in [0.29, 0.717) is 11.4 Å². The van der Waals surface area contributed by atoms with Gasteiger partial charge in [-0.1, -0.05) is 30.3 Å². The monoisotopic (exact) mass is 485 g/mol. The average molecular weight is 486 g/mol. The number of anilines is 1. The van der Waals surface area contributed by atoms with Crippen LogP contribution in [-0.4, -0.2) is 46.6 Å². The van der Waals surface area contributed by atoms with E-state index in [1.54, 1.807) is 42.5 Å². The molecule has 34 heavy (non-hydrogen) atoms. The molecule has 0 radical (unpaired) electrons. The first-order valence-electron chi connectivity index (χ1n) is 10.2. The highest BCUT2D eigenvalue weighted by Gasteiger charge is 2.16. The molecule has 0 fully saturated rings. The molecular weight excluding hydrogens is 462 g/mol. The van der Waals surface area contributed by atoms with E-state index in [1.807, 2.05) is 17.4 Å². The van der Waals surface area contributed by atoms with Crippen LogP contribution in [0.1, 0.15) is 6.42 Å². The van der Waals surface area contributed by atoms with Gasteiger partial charge >= 0.3 is 12.0 Å². The van der Waals surface area contributed by atoms with Crippen LogP contribution in [-0.2, 0) is 24.3 Å². The molecule has 0 heterocycles. The van der Waals surface area contributed by atoms with E-state index < -0.39 is 34.5 Å². The number of rotatable bonds is 9. The van der Waals surface area contributed by atoms with Crippen LogP contribution in [0.5, 0.6) is 5.75 Å². The zero-order valence-corrected chi connectivity index (χ0v) is 19.1. The predicted molar refractivity (Wildman–Crippen MR) is 125 cm³/mol. The Labute approximate surface area is 196 Å². The van der Waals surface area contributed by atoms with Gasteiger partial charge in [-0.2, -0.15) is 0 Å². The molecule has 10 nitrogen and oxygen atoms in total. The van der Waals surface area contributed by atoms with Crippen molar-refractivity contribution in [1.29, 1.82) is 0 Å². The summed E-state index contributed by atoms with van der Waals surface area (Å²) in [6.45, 7) is -0.903. The molecule has 0 bridgehead atoms. The highest BCUT2D eigenvalue weighted by molar-refractivity contribution is 7.89. The van der Waals surface area contributed by atoms with Crippen LogP contribution in [0.2, 0.25) is 0 Å². The van der Waals surface area contributed by atoms with Gasteiger partial charge in [0.05, 0.1) is 18.4 Å². The smallest absolute Gasteiger partial charge is 0.325 e. The Morgan fingerprint density at radius 2 is 1.62 bits per heavy atom. The number of carbonyl (C=O) groups excluding carboxylic acids is 3. The summed E-state index contributed by atoms with van der Waals surface area (Å²) in [4.78, 5) is 35.5. The van der Waals surface area contributed by atoms with Gasteiger partial charge in [0.15, 0.2) is 6.61 Å². The number of amides is 3. The maximum atomic E-state index is 12.5. The summed E-state index contributed by atoms with van der Waals surface area (Å²) >= 11 is 0. The first-order chi connectivity index (χ1) is 16.3. The molecule has 3 N–H and O–H groups in total. The Morgan fingerprint density at radius 3 is 2.32 bits per heavy atom. The molecule has 0 atom stereocenters. The molecular formula is C23H23N3O7S. The third-order valence-electron chi connectivity index (χ3n) is 4.62. The number of methoxy groups -OCH3 is 1. The number of hydrogen-bond donors (Lipinski definition) is 3. The number of carbonyl (C=O) groups is 3. The van der Waals surface area contributed by atoms with Gasteiger partial charge in [-0.25, -0.2) is 17.9 Å². The Balaban J connectivity index is 1.39. The van der Waals surface area contributed by atoms with Crippen LogP contribution in [0.3, 0.4) is 0 Å². The third-order valence-corrected chi connectivity index (χ3v) is 6.08. The van der Waals surface area contributed by atoms with E-state index in [-0.39, 0.29) is 17.9 Å². The molecule has 0 aromatic heterocycles. The normalized spacial score (nSPS) is 11.0. The molecule has 11 heteroatoms. The largest absolute Gasteiger partial charge is 0.497 e. The number of ether oxygens (including phenoxy) is 2. The minimum absolute atomic E-state index is 0.0711. The molecule has 3 rings (SSSR count). The lowest BCUT2D eigenvalue weighted by Gasteiger charge is -2.09. The van der Waals surface area contributed by atoms with Crippen molar-refractivity contribution in [2.75, 3.05) is 25.6 Å². The van der Waals surface area contributed by atoms with E-state index in [2.05, 4.69) is 10.0 Å². The van der Waals surface area contributed by atoms with Crippen molar-refractivity contribution in [1.82, 2.24) is 10.0 Å². The third kappa shape index (κ3) is 7.02. The van der Waals surface area contributed by atoms with E-state index in [4.69, 9.17) is 9.47 Å². The van der Waals surface area contributed by atoms with Crippen molar-refractivity contribution in [3.05, 3.63) is 66.7 Å². The molecule has 3 amide bonds. The van der Waals surface area contributed by atoms with Gasteiger partial charge in [0, 0.05) is 12.2 Å². The zero-order valence-electron chi connectivity index (χ0n) is 18.2. The summed E-state index contributed by atoms with van der Waals surface area (Å²) in [5.41, 5.74) is 0.432. The second-order valence-electron chi connectivity index (χ2n) is 7.05. The summed E-state index contributed by atoms with van der Waals surface area (Å²) in [6.07, 6.45) is -0.294. The van der Waals surface area contributed by atoms with Gasteiger partial charge in [-0.3, -0.25) is 14.9 Å². The van der Waals surface area contributed by atoms with Crippen molar-refractivity contribution in [3.63, 3.8) is 0 Å². The van der Waals surface area contributed by atoms with Crippen LogP contribution >= 0.6 is 0 Å². The van der Waals surface area contributed by atoms with Crippen molar-refractivity contribution in [3.8, 4) is 5.75 Å². The predicted octanol–water partition coefficient (Wildman–Crippen LogP) is 2.41. The lowest BCUT2D eigenvalue weighted by Crippen LogP contribution is -2.37. The highest BCUT2D eigenvalue weighted by atomic mass is 32.2. The zero-order chi connectivity index (χ0) is 24.6. The van der Waals surface area contributed by atoms with E-state index in [9.17, 15) is 22.8 Å². The summed E-state index contributed by atoms with van der Waals surface area (Å²) in [5, 5.41) is 6.14. The van der Waals surface area contributed by atoms with Crippen molar-refractivity contribution in [2.45, 2.75) is 11.3 Å². The fourth-order valence-electron chi connectivity index (χ4n) is 2.92. The molecule has 0 aliphatic rings. The molecule has 0 saturated carbocycles. The quantitative estimate of drug-likeness (QED) is 0.395. The summed E-state index contributed by atoms with van der Waals surface area (Å²) < 4.78 is 37.0. The molecule has 0 aliphatic heterocycles.